The van der Waals surface area contributed by atoms with Crippen LogP contribution < -0.4 is 5.56 Å². The summed E-state index contributed by atoms with van der Waals surface area (Å²) < 4.78 is 1.64. The Morgan fingerprint density at radius 1 is 1.17 bits per heavy atom. The second-order valence-corrected chi connectivity index (χ2v) is 9.16. The van der Waals surface area contributed by atoms with Crippen LogP contribution in [0.15, 0.2) is 58.5 Å². The van der Waals surface area contributed by atoms with Crippen molar-refractivity contribution in [3.63, 3.8) is 0 Å². The van der Waals surface area contributed by atoms with Crippen molar-refractivity contribution in [1.29, 1.82) is 0 Å². The number of nitrogens with zero attached hydrogens (tertiary/aromatic N) is 3. The largest absolute Gasteiger partial charge is 0.342 e. The molecule has 30 heavy (non-hydrogen) atoms. The highest BCUT2D eigenvalue weighted by molar-refractivity contribution is 7.99. The standard InChI is InChI=1S/C23H24ClN3O2S/c1-16-9-11-26(12-10-16)21(28)15-30-23-25-20-8-3-2-7-19(20)22(29)27(23)14-17-5-4-6-18(24)13-17/h2-8,13,16H,9-12,14-15H2,1H3. The summed E-state index contributed by atoms with van der Waals surface area (Å²) in [6.45, 7) is 4.20. The topological polar surface area (TPSA) is 55.2 Å². The van der Waals surface area contributed by atoms with Crippen LogP contribution in [0.5, 0.6) is 0 Å². The zero-order chi connectivity index (χ0) is 21.1. The molecule has 0 bridgehead atoms. The van der Waals surface area contributed by atoms with Crippen molar-refractivity contribution in [3.8, 4) is 0 Å². The molecule has 0 N–H and O–H groups in total. The highest BCUT2D eigenvalue weighted by Crippen LogP contribution is 2.22. The first-order valence-corrected chi connectivity index (χ1v) is 11.5. The molecule has 0 atom stereocenters. The Morgan fingerprint density at radius 3 is 2.70 bits per heavy atom. The SMILES string of the molecule is CC1CCN(C(=O)CSc2nc3ccccc3c(=O)n2Cc2cccc(Cl)c2)CC1. The Balaban J connectivity index is 1.62. The van der Waals surface area contributed by atoms with Crippen molar-refractivity contribution >= 4 is 40.2 Å². The maximum Gasteiger partial charge on any atom is 0.262 e. The minimum Gasteiger partial charge on any atom is -0.342 e. The van der Waals surface area contributed by atoms with E-state index >= 15 is 0 Å². The lowest BCUT2D eigenvalue weighted by Crippen LogP contribution is -2.39. The molecule has 0 saturated carbocycles. The van der Waals surface area contributed by atoms with Crippen LogP contribution in [0, 0.1) is 5.92 Å². The van der Waals surface area contributed by atoms with Crippen LogP contribution in [0.2, 0.25) is 5.02 Å². The number of piperidine rings is 1. The highest BCUT2D eigenvalue weighted by Gasteiger charge is 2.21. The molecule has 0 aliphatic carbocycles. The number of para-hydroxylation sites is 1. The molecule has 0 radical (unpaired) electrons. The number of likely N-dealkylation sites (tertiary alicyclic amines) is 1. The number of carbonyl (C=O) groups excluding carboxylic acids is 1. The van der Waals surface area contributed by atoms with Crippen LogP contribution in [0.25, 0.3) is 10.9 Å². The van der Waals surface area contributed by atoms with E-state index in [9.17, 15) is 9.59 Å². The van der Waals surface area contributed by atoms with Gasteiger partial charge >= 0.3 is 0 Å². The fraction of sp³-hybridized carbons (Fsp3) is 0.348. The molecule has 1 fully saturated rings. The number of hydrogen-bond donors (Lipinski definition) is 0. The zero-order valence-electron chi connectivity index (χ0n) is 16.9. The van der Waals surface area contributed by atoms with E-state index in [1.807, 2.05) is 41.3 Å². The molecule has 5 nitrogen and oxygen atoms in total. The summed E-state index contributed by atoms with van der Waals surface area (Å²) in [5, 5.41) is 1.75. The van der Waals surface area contributed by atoms with Crippen molar-refractivity contribution < 1.29 is 4.79 Å². The molecule has 0 spiro atoms. The molecule has 4 rings (SSSR count). The summed E-state index contributed by atoms with van der Waals surface area (Å²) in [6, 6.07) is 14.8. The lowest BCUT2D eigenvalue weighted by atomic mass is 9.99. The first-order valence-electron chi connectivity index (χ1n) is 10.2. The van der Waals surface area contributed by atoms with Crippen LogP contribution in [0.4, 0.5) is 0 Å². The van der Waals surface area contributed by atoms with E-state index in [4.69, 9.17) is 16.6 Å². The highest BCUT2D eigenvalue weighted by atomic mass is 35.5. The van der Waals surface area contributed by atoms with Crippen molar-refractivity contribution in [3.05, 3.63) is 69.5 Å². The van der Waals surface area contributed by atoms with Gasteiger partial charge in [-0.3, -0.25) is 14.2 Å². The van der Waals surface area contributed by atoms with E-state index in [2.05, 4.69) is 6.92 Å². The number of fused-ring (bicyclic) bond motifs is 1. The normalized spacial score (nSPS) is 14.9. The van der Waals surface area contributed by atoms with Gasteiger partial charge in [0.2, 0.25) is 5.91 Å². The Hall–Kier alpha value is -2.31. The third kappa shape index (κ3) is 4.71. The molecule has 2 heterocycles. The lowest BCUT2D eigenvalue weighted by Gasteiger charge is -2.30. The third-order valence-corrected chi connectivity index (χ3v) is 6.71. The molecular formula is C23H24ClN3O2S. The van der Waals surface area contributed by atoms with Gasteiger partial charge in [-0.1, -0.05) is 54.6 Å². The molecule has 1 aromatic heterocycles. The van der Waals surface area contributed by atoms with Gasteiger partial charge < -0.3 is 4.90 Å². The maximum atomic E-state index is 13.2. The van der Waals surface area contributed by atoms with Gasteiger partial charge in [0.05, 0.1) is 23.2 Å². The van der Waals surface area contributed by atoms with E-state index in [0.29, 0.717) is 33.5 Å². The summed E-state index contributed by atoms with van der Waals surface area (Å²) in [4.78, 5) is 32.5. The molecule has 156 valence electrons. The van der Waals surface area contributed by atoms with E-state index in [1.165, 1.54) is 11.8 Å². The van der Waals surface area contributed by atoms with Crippen molar-refractivity contribution in [2.75, 3.05) is 18.8 Å². The minimum atomic E-state index is -0.109. The van der Waals surface area contributed by atoms with Gasteiger partial charge in [0, 0.05) is 18.1 Å². The van der Waals surface area contributed by atoms with Crippen LogP contribution in [0.1, 0.15) is 25.3 Å². The predicted octanol–water partition coefficient (Wildman–Crippen LogP) is 4.45. The zero-order valence-corrected chi connectivity index (χ0v) is 18.5. The van der Waals surface area contributed by atoms with Gasteiger partial charge in [-0.25, -0.2) is 4.98 Å². The third-order valence-electron chi connectivity index (χ3n) is 5.52. The monoisotopic (exact) mass is 441 g/mol. The summed E-state index contributed by atoms with van der Waals surface area (Å²) in [5.74, 6) is 1.05. The number of carbonyl (C=O) groups is 1. The van der Waals surface area contributed by atoms with Gasteiger partial charge in [-0.2, -0.15) is 0 Å². The molecule has 7 heteroatoms. The first-order chi connectivity index (χ1) is 14.5. The van der Waals surface area contributed by atoms with Gasteiger partial charge in [-0.15, -0.1) is 0 Å². The molecule has 0 unspecified atom stereocenters. The summed E-state index contributed by atoms with van der Waals surface area (Å²) in [7, 11) is 0. The molecule has 3 aromatic rings. The van der Waals surface area contributed by atoms with E-state index in [-0.39, 0.29) is 17.2 Å². The summed E-state index contributed by atoms with van der Waals surface area (Å²) in [5.41, 5.74) is 1.45. The molecule has 1 aliphatic rings. The number of rotatable bonds is 5. The summed E-state index contributed by atoms with van der Waals surface area (Å²) >= 11 is 7.46. The minimum absolute atomic E-state index is 0.101. The Bertz CT molecular complexity index is 1120. The van der Waals surface area contributed by atoms with Gasteiger partial charge in [-0.05, 0) is 48.6 Å². The smallest absolute Gasteiger partial charge is 0.262 e. The number of aromatic nitrogens is 2. The maximum absolute atomic E-state index is 13.2. The number of benzene rings is 2. The molecule has 1 amide bonds. The average molecular weight is 442 g/mol. The van der Waals surface area contributed by atoms with Crippen LogP contribution in [0.3, 0.4) is 0 Å². The van der Waals surface area contributed by atoms with Crippen LogP contribution in [-0.2, 0) is 11.3 Å². The first kappa shape index (κ1) is 20.9. The second kappa shape index (κ2) is 9.23. The molecular weight excluding hydrogens is 418 g/mol. The fourth-order valence-electron chi connectivity index (χ4n) is 3.69. The van der Waals surface area contributed by atoms with E-state index in [1.54, 1.807) is 16.7 Å². The van der Waals surface area contributed by atoms with Gasteiger partial charge in [0.1, 0.15) is 0 Å². The summed E-state index contributed by atoms with van der Waals surface area (Å²) in [6.07, 6.45) is 2.09. The Morgan fingerprint density at radius 2 is 1.93 bits per heavy atom. The van der Waals surface area contributed by atoms with Crippen LogP contribution >= 0.6 is 23.4 Å². The van der Waals surface area contributed by atoms with E-state index in [0.717, 1.165) is 31.5 Å². The quantitative estimate of drug-likeness (QED) is 0.433. The molecule has 2 aromatic carbocycles. The lowest BCUT2D eigenvalue weighted by molar-refractivity contribution is -0.129. The van der Waals surface area contributed by atoms with Crippen LogP contribution in [-0.4, -0.2) is 39.2 Å². The number of amides is 1. The van der Waals surface area contributed by atoms with E-state index < -0.39 is 0 Å². The second-order valence-electron chi connectivity index (χ2n) is 7.78. The predicted molar refractivity (Wildman–Crippen MR) is 122 cm³/mol. The van der Waals surface area contributed by atoms with Crippen molar-refractivity contribution in [2.24, 2.45) is 5.92 Å². The Labute approximate surface area is 185 Å². The van der Waals surface area contributed by atoms with Gasteiger partial charge in [0.15, 0.2) is 5.16 Å². The number of thioether (sulfide) groups is 1. The number of hydrogen-bond acceptors (Lipinski definition) is 4. The fourth-order valence-corrected chi connectivity index (χ4v) is 4.80. The van der Waals surface area contributed by atoms with Crippen molar-refractivity contribution in [2.45, 2.75) is 31.5 Å². The number of halogens is 1. The molecule has 1 saturated heterocycles. The Kier molecular flexibility index (Phi) is 6.44. The van der Waals surface area contributed by atoms with Crippen molar-refractivity contribution in [1.82, 2.24) is 14.5 Å². The molecule has 1 aliphatic heterocycles. The average Bonchev–Trinajstić information content (AvgIpc) is 2.75. The van der Waals surface area contributed by atoms with Gasteiger partial charge in [0.25, 0.3) is 5.56 Å².